The molecule has 1 atom stereocenters. The number of nitriles is 1. The highest BCUT2D eigenvalue weighted by Gasteiger charge is 2.49. The molecule has 24 heavy (non-hydrogen) atoms. The quantitative estimate of drug-likeness (QED) is 0.764. The summed E-state index contributed by atoms with van der Waals surface area (Å²) in [6.45, 7) is 12.5. The van der Waals surface area contributed by atoms with Gasteiger partial charge in [0.15, 0.2) is 0 Å². The topological polar surface area (TPSA) is 53.2 Å². The van der Waals surface area contributed by atoms with Gasteiger partial charge in [0, 0.05) is 6.42 Å². The Bertz CT molecular complexity index is 723. The first-order valence-corrected chi connectivity index (χ1v) is 8.29. The van der Waals surface area contributed by atoms with Crippen LogP contribution in [0.25, 0.3) is 0 Å². The van der Waals surface area contributed by atoms with Crippen molar-refractivity contribution in [3.05, 3.63) is 53.5 Å². The van der Waals surface area contributed by atoms with E-state index in [9.17, 15) is 10.4 Å². The normalized spacial score (nSPS) is 21.5. The molecule has 0 saturated heterocycles. The van der Waals surface area contributed by atoms with Crippen molar-refractivity contribution >= 4 is 0 Å². The van der Waals surface area contributed by atoms with Crippen LogP contribution in [0.1, 0.15) is 53.5 Å². The minimum atomic E-state index is -0.899. The second kappa shape index (κ2) is 6.02. The molecule has 1 aliphatic rings. The molecule has 0 heterocycles. The molecule has 1 aromatic carbocycles. The van der Waals surface area contributed by atoms with Crippen molar-refractivity contribution in [2.75, 3.05) is 0 Å². The summed E-state index contributed by atoms with van der Waals surface area (Å²) < 4.78 is 6.16. The third-order valence-electron chi connectivity index (χ3n) is 4.69. The molecule has 0 amide bonds. The molecule has 3 heteroatoms. The summed E-state index contributed by atoms with van der Waals surface area (Å²) in [6.07, 6.45) is 3.60. The van der Waals surface area contributed by atoms with Gasteiger partial charge in [0.25, 0.3) is 0 Å². The number of benzene rings is 1. The number of allylic oxidation sites excluding steroid dienone is 4. The molecule has 3 nitrogen and oxygen atoms in total. The van der Waals surface area contributed by atoms with Crippen LogP contribution in [0.3, 0.4) is 0 Å². The van der Waals surface area contributed by atoms with Crippen LogP contribution in [0.4, 0.5) is 0 Å². The predicted octanol–water partition coefficient (Wildman–Crippen LogP) is 5.65. The van der Waals surface area contributed by atoms with Crippen LogP contribution < -0.4 is 4.74 Å². The Morgan fingerprint density at radius 3 is 2.33 bits per heavy atom. The fourth-order valence-corrected chi connectivity index (χ4v) is 2.90. The minimum absolute atomic E-state index is 0.0226. The molecule has 2 rings (SSSR count). The van der Waals surface area contributed by atoms with E-state index in [1.807, 2.05) is 39.0 Å². The van der Waals surface area contributed by atoms with E-state index in [1.165, 1.54) is 5.56 Å². The SMILES string of the molecule is CC(C)(C)c1cccc(OC2=CC=C(O)CC2(C#N)C(C)(C)C)c1. The Hall–Kier alpha value is -2.21. The lowest BCUT2D eigenvalue weighted by Crippen LogP contribution is -2.39. The van der Waals surface area contributed by atoms with Gasteiger partial charge < -0.3 is 9.84 Å². The van der Waals surface area contributed by atoms with E-state index in [-0.39, 0.29) is 23.0 Å². The average Bonchev–Trinajstić information content (AvgIpc) is 2.47. The molecule has 0 saturated carbocycles. The fraction of sp³-hybridized carbons (Fsp3) is 0.476. The number of nitrogens with zero attached hydrogens (tertiary/aromatic N) is 1. The Morgan fingerprint density at radius 1 is 1.12 bits per heavy atom. The van der Waals surface area contributed by atoms with Crippen LogP contribution in [0.15, 0.2) is 47.9 Å². The summed E-state index contributed by atoms with van der Waals surface area (Å²) in [4.78, 5) is 0. The molecule has 0 fully saturated rings. The zero-order valence-electron chi connectivity index (χ0n) is 15.5. The van der Waals surface area contributed by atoms with Gasteiger partial charge in [-0.05, 0) is 40.7 Å². The third-order valence-corrected chi connectivity index (χ3v) is 4.69. The molecule has 128 valence electrons. The first kappa shape index (κ1) is 18.1. The predicted molar refractivity (Wildman–Crippen MR) is 96.7 cm³/mol. The molecule has 1 unspecified atom stereocenters. The van der Waals surface area contributed by atoms with Gasteiger partial charge in [-0.1, -0.05) is 53.7 Å². The first-order valence-electron chi connectivity index (χ1n) is 8.29. The molecule has 1 N–H and O–H groups in total. The van der Waals surface area contributed by atoms with Crippen LogP contribution in [0.2, 0.25) is 0 Å². The number of hydrogen-bond donors (Lipinski definition) is 1. The van der Waals surface area contributed by atoms with Crippen molar-refractivity contribution in [3.8, 4) is 11.8 Å². The standard InChI is InChI=1S/C21H27NO2/c1-19(2,3)15-8-7-9-17(12-15)24-18-11-10-16(23)13-21(18,14-22)20(4,5)6/h7-12,23H,13H2,1-6H3. The maximum atomic E-state index is 9.98. The minimum Gasteiger partial charge on any atom is -0.512 e. The van der Waals surface area contributed by atoms with E-state index in [2.05, 4.69) is 32.9 Å². The molecule has 1 aromatic rings. The summed E-state index contributed by atoms with van der Waals surface area (Å²) >= 11 is 0. The van der Waals surface area contributed by atoms with Gasteiger partial charge in [0.1, 0.15) is 16.9 Å². The second-order valence-corrected chi connectivity index (χ2v) is 8.51. The van der Waals surface area contributed by atoms with E-state index in [1.54, 1.807) is 12.2 Å². The molecule has 0 aromatic heterocycles. The third kappa shape index (κ3) is 3.33. The number of rotatable bonds is 2. The lowest BCUT2D eigenvalue weighted by molar-refractivity contribution is 0.121. The maximum Gasteiger partial charge on any atom is 0.127 e. The van der Waals surface area contributed by atoms with Gasteiger partial charge in [-0.2, -0.15) is 5.26 Å². The first-order chi connectivity index (χ1) is 11.0. The monoisotopic (exact) mass is 325 g/mol. The Labute approximate surface area is 145 Å². The molecule has 0 spiro atoms. The van der Waals surface area contributed by atoms with Crippen LogP contribution >= 0.6 is 0 Å². The largest absolute Gasteiger partial charge is 0.512 e. The van der Waals surface area contributed by atoms with E-state index in [0.717, 1.165) is 0 Å². The Kier molecular flexibility index (Phi) is 4.55. The van der Waals surface area contributed by atoms with E-state index < -0.39 is 5.41 Å². The van der Waals surface area contributed by atoms with Crippen LogP contribution in [-0.2, 0) is 5.41 Å². The molecule has 1 aliphatic carbocycles. The van der Waals surface area contributed by atoms with Crippen molar-refractivity contribution in [2.45, 2.75) is 53.4 Å². The summed E-state index contributed by atoms with van der Waals surface area (Å²) in [7, 11) is 0. The molecule has 0 aliphatic heterocycles. The van der Waals surface area contributed by atoms with Crippen molar-refractivity contribution in [2.24, 2.45) is 10.8 Å². The molecule has 0 bridgehead atoms. The van der Waals surface area contributed by atoms with Gasteiger partial charge in [-0.15, -0.1) is 0 Å². The van der Waals surface area contributed by atoms with Crippen molar-refractivity contribution in [3.63, 3.8) is 0 Å². The molecule has 0 radical (unpaired) electrons. The zero-order chi connectivity index (χ0) is 18.2. The Balaban J connectivity index is 2.45. The van der Waals surface area contributed by atoms with E-state index in [4.69, 9.17) is 4.74 Å². The van der Waals surface area contributed by atoms with Crippen molar-refractivity contribution in [1.29, 1.82) is 5.26 Å². The highest BCUT2D eigenvalue weighted by molar-refractivity contribution is 5.39. The lowest BCUT2D eigenvalue weighted by atomic mass is 9.62. The summed E-state index contributed by atoms with van der Waals surface area (Å²) in [5, 5.41) is 19.9. The van der Waals surface area contributed by atoms with Gasteiger partial charge in [0.05, 0.1) is 11.8 Å². The zero-order valence-corrected chi connectivity index (χ0v) is 15.5. The van der Waals surface area contributed by atoms with Gasteiger partial charge >= 0.3 is 0 Å². The number of hydrogen-bond acceptors (Lipinski definition) is 3. The van der Waals surface area contributed by atoms with Gasteiger partial charge in [-0.25, -0.2) is 0 Å². The highest BCUT2D eigenvalue weighted by atomic mass is 16.5. The summed E-state index contributed by atoms with van der Waals surface area (Å²) in [5.74, 6) is 1.51. The van der Waals surface area contributed by atoms with Gasteiger partial charge in [-0.3, -0.25) is 0 Å². The number of aliphatic hydroxyl groups excluding tert-OH is 1. The second-order valence-electron chi connectivity index (χ2n) is 8.51. The van der Waals surface area contributed by atoms with Crippen LogP contribution in [-0.4, -0.2) is 5.11 Å². The van der Waals surface area contributed by atoms with Crippen LogP contribution in [0, 0.1) is 22.2 Å². The smallest absolute Gasteiger partial charge is 0.127 e. The highest BCUT2D eigenvalue weighted by Crippen LogP contribution is 2.50. The van der Waals surface area contributed by atoms with E-state index in [0.29, 0.717) is 11.5 Å². The molecular weight excluding hydrogens is 298 g/mol. The Morgan fingerprint density at radius 2 is 1.79 bits per heavy atom. The van der Waals surface area contributed by atoms with Crippen molar-refractivity contribution < 1.29 is 9.84 Å². The van der Waals surface area contributed by atoms with Crippen LogP contribution in [0.5, 0.6) is 5.75 Å². The van der Waals surface area contributed by atoms with Gasteiger partial charge in [0.2, 0.25) is 0 Å². The summed E-state index contributed by atoms with van der Waals surface area (Å²) in [6, 6.07) is 10.4. The maximum absolute atomic E-state index is 9.98. The number of aliphatic hydroxyl groups is 1. The number of ether oxygens (including phenoxy) is 1. The molecular formula is C21H27NO2. The van der Waals surface area contributed by atoms with Crippen molar-refractivity contribution in [1.82, 2.24) is 0 Å². The fourth-order valence-electron chi connectivity index (χ4n) is 2.90. The average molecular weight is 325 g/mol. The van der Waals surface area contributed by atoms with E-state index >= 15 is 0 Å². The lowest BCUT2D eigenvalue weighted by Gasteiger charge is -2.41. The summed E-state index contributed by atoms with van der Waals surface area (Å²) in [5.41, 5.74) is -0.0799.